The third-order valence-corrected chi connectivity index (χ3v) is 5.49. The number of hydrogen-bond acceptors (Lipinski definition) is 3. The van der Waals surface area contributed by atoms with Crippen molar-refractivity contribution in [1.29, 1.82) is 0 Å². The number of anilines is 2. The number of nitrogens with one attached hydrogen (secondary N) is 1. The van der Waals surface area contributed by atoms with Crippen molar-refractivity contribution in [2.45, 2.75) is 25.4 Å². The van der Waals surface area contributed by atoms with Gasteiger partial charge in [-0.3, -0.25) is 0 Å². The molecule has 158 valence electrons. The molecule has 1 aliphatic heterocycles. The van der Waals surface area contributed by atoms with E-state index in [1.807, 2.05) is 43.3 Å². The van der Waals surface area contributed by atoms with Crippen LogP contribution in [-0.2, 0) is 12.6 Å². The van der Waals surface area contributed by atoms with Gasteiger partial charge in [0.05, 0.1) is 16.9 Å². The number of benzene rings is 2. The summed E-state index contributed by atoms with van der Waals surface area (Å²) in [6.45, 7) is 0.685. The Morgan fingerprint density at radius 1 is 1.10 bits per heavy atom. The Balaban J connectivity index is 1.95. The third kappa shape index (κ3) is 3.86. The molecule has 3 aromatic rings. The van der Waals surface area contributed by atoms with Gasteiger partial charge in [0.1, 0.15) is 5.82 Å². The Morgan fingerprint density at radius 2 is 1.90 bits per heavy atom. The van der Waals surface area contributed by atoms with Crippen LogP contribution in [0.5, 0.6) is 0 Å². The second-order valence-corrected chi connectivity index (χ2v) is 8.01. The van der Waals surface area contributed by atoms with E-state index in [-0.39, 0.29) is 10.7 Å². The molecule has 0 bridgehead atoms. The molecule has 0 spiro atoms. The number of rotatable bonds is 3. The van der Waals surface area contributed by atoms with Gasteiger partial charge in [0.15, 0.2) is 0 Å². The Morgan fingerprint density at radius 3 is 2.63 bits per heavy atom. The molecule has 2 aromatic carbocycles. The van der Waals surface area contributed by atoms with Crippen molar-refractivity contribution >= 4 is 23.1 Å². The lowest BCUT2D eigenvalue weighted by atomic mass is 10.0. The number of nitrogens with zero attached hydrogens (tertiary/aromatic N) is 3. The Hall–Kier alpha value is -2.67. The van der Waals surface area contributed by atoms with E-state index in [0.717, 1.165) is 42.1 Å². The summed E-state index contributed by atoms with van der Waals surface area (Å²) in [5.74, 6) is 0.616. The van der Waals surface area contributed by atoms with E-state index in [4.69, 9.17) is 11.6 Å². The van der Waals surface area contributed by atoms with Gasteiger partial charge >= 0.3 is 6.18 Å². The van der Waals surface area contributed by atoms with Crippen molar-refractivity contribution < 1.29 is 13.2 Å². The zero-order valence-electron chi connectivity index (χ0n) is 16.7. The molecule has 8 heteroatoms. The van der Waals surface area contributed by atoms with Crippen molar-refractivity contribution in [3.8, 4) is 16.9 Å². The summed E-state index contributed by atoms with van der Waals surface area (Å²) in [6.07, 6.45) is -1.91. The molecule has 1 aromatic heterocycles. The van der Waals surface area contributed by atoms with Crippen molar-refractivity contribution in [3.05, 3.63) is 58.6 Å². The lowest BCUT2D eigenvalue weighted by Crippen LogP contribution is -2.14. The van der Waals surface area contributed by atoms with E-state index in [0.29, 0.717) is 18.1 Å². The van der Waals surface area contributed by atoms with Crippen LogP contribution < -0.4 is 10.2 Å². The van der Waals surface area contributed by atoms with Gasteiger partial charge in [-0.2, -0.15) is 18.3 Å². The van der Waals surface area contributed by atoms with Gasteiger partial charge in [0.25, 0.3) is 0 Å². The highest BCUT2D eigenvalue weighted by molar-refractivity contribution is 6.30. The highest BCUT2D eigenvalue weighted by Crippen LogP contribution is 2.40. The monoisotopic (exact) mass is 434 g/mol. The molecule has 4 rings (SSSR count). The molecule has 2 heterocycles. The fourth-order valence-corrected chi connectivity index (χ4v) is 3.93. The van der Waals surface area contributed by atoms with Crippen LogP contribution in [0.2, 0.25) is 5.02 Å². The second-order valence-electron chi connectivity index (χ2n) is 7.58. The molecule has 0 saturated heterocycles. The molecular formula is C22H22ClF3N4. The predicted octanol–water partition coefficient (Wildman–Crippen LogP) is 6.03. The first-order valence-electron chi connectivity index (χ1n) is 9.76. The molecule has 1 aliphatic rings. The van der Waals surface area contributed by atoms with E-state index in [1.165, 1.54) is 16.8 Å². The van der Waals surface area contributed by atoms with Crippen LogP contribution in [0.15, 0.2) is 42.5 Å². The Bertz CT molecular complexity index is 1070. The lowest BCUT2D eigenvalue weighted by Gasteiger charge is -2.16. The van der Waals surface area contributed by atoms with Crippen LogP contribution in [-0.4, -0.2) is 30.4 Å². The summed E-state index contributed by atoms with van der Waals surface area (Å²) in [4.78, 5) is 1.98. The number of hydrogen-bond donors (Lipinski definition) is 1. The second kappa shape index (κ2) is 7.87. The van der Waals surface area contributed by atoms with Gasteiger partial charge in [-0.1, -0.05) is 23.7 Å². The van der Waals surface area contributed by atoms with Gasteiger partial charge in [0, 0.05) is 42.5 Å². The maximum absolute atomic E-state index is 13.8. The zero-order chi connectivity index (χ0) is 21.5. The predicted molar refractivity (Wildman–Crippen MR) is 115 cm³/mol. The van der Waals surface area contributed by atoms with Crippen molar-refractivity contribution in [2.24, 2.45) is 0 Å². The molecule has 0 radical (unpaired) electrons. The third-order valence-electron chi connectivity index (χ3n) is 5.26. The summed E-state index contributed by atoms with van der Waals surface area (Å²) in [7, 11) is 3.90. The summed E-state index contributed by atoms with van der Waals surface area (Å²) in [5.41, 5.74) is 2.67. The summed E-state index contributed by atoms with van der Waals surface area (Å²) in [6, 6.07) is 11.7. The van der Waals surface area contributed by atoms with Crippen molar-refractivity contribution in [3.63, 3.8) is 0 Å². The Kier molecular flexibility index (Phi) is 5.40. The number of halogens is 4. The first-order valence-corrected chi connectivity index (χ1v) is 10.1. The normalized spacial score (nSPS) is 14.1. The first-order chi connectivity index (χ1) is 14.3. The van der Waals surface area contributed by atoms with Crippen LogP contribution in [0.3, 0.4) is 0 Å². The molecule has 30 heavy (non-hydrogen) atoms. The van der Waals surface area contributed by atoms with E-state index >= 15 is 0 Å². The number of fused-ring (bicyclic) bond motifs is 1. The van der Waals surface area contributed by atoms with Crippen LogP contribution in [0.1, 0.15) is 24.0 Å². The van der Waals surface area contributed by atoms with E-state index < -0.39 is 11.7 Å². The fraction of sp³-hybridized carbons (Fsp3) is 0.318. The molecule has 0 unspecified atom stereocenters. The molecule has 0 saturated carbocycles. The van der Waals surface area contributed by atoms with Gasteiger partial charge in [-0.05, 0) is 49.6 Å². The summed E-state index contributed by atoms with van der Waals surface area (Å²) >= 11 is 5.88. The molecule has 0 aliphatic carbocycles. The highest BCUT2D eigenvalue weighted by atomic mass is 35.5. The van der Waals surface area contributed by atoms with Crippen LogP contribution in [0.25, 0.3) is 16.9 Å². The van der Waals surface area contributed by atoms with Crippen LogP contribution in [0, 0.1) is 0 Å². The smallest absolute Gasteiger partial charge is 0.378 e. The quantitative estimate of drug-likeness (QED) is 0.546. The summed E-state index contributed by atoms with van der Waals surface area (Å²) < 4.78 is 42.7. The first kappa shape index (κ1) is 20.6. The average molecular weight is 435 g/mol. The van der Waals surface area contributed by atoms with Gasteiger partial charge in [-0.25, -0.2) is 4.68 Å². The molecule has 0 fully saturated rings. The number of aromatic nitrogens is 2. The van der Waals surface area contributed by atoms with Crippen molar-refractivity contribution in [1.82, 2.24) is 9.78 Å². The topological polar surface area (TPSA) is 33.1 Å². The SMILES string of the molecule is CN(C)c1cccc(-c2nn(-c3ccc(Cl)cc3C(F)(F)F)c3c2CCCCN3)c1. The minimum Gasteiger partial charge on any atom is -0.378 e. The minimum atomic E-state index is -4.55. The molecule has 1 N–H and O–H groups in total. The van der Waals surface area contributed by atoms with E-state index in [2.05, 4.69) is 10.4 Å². The maximum Gasteiger partial charge on any atom is 0.418 e. The van der Waals surface area contributed by atoms with Crippen LogP contribution >= 0.6 is 11.6 Å². The van der Waals surface area contributed by atoms with E-state index in [1.54, 1.807) is 0 Å². The number of alkyl halides is 3. The average Bonchev–Trinajstić information content (AvgIpc) is 2.88. The van der Waals surface area contributed by atoms with E-state index in [9.17, 15) is 13.2 Å². The fourth-order valence-electron chi connectivity index (χ4n) is 3.76. The summed E-state index contributed by atoms with van der Waals surface area (Å²) in [5, 5.41) is 8.01. The lowest BCUT2D eigenvalue weighted by molar-refractivity contribution is -0.137. The molecule has 4 nitrogen and oxygen atoms in total. The van der Waals surface area contributed by atoms with Gasteiger partial charge < -0.3 is 10.2 Å². The molecule has 0 atom stereocenters. The van der Waals surface area contributed by atoms with Crippen LogP contribution in [0.4, 0.5) is 24.7 Å². The zero-order valence-corrected chi connectivity index (χ0v) is 17.5. The van der Waals surface area contributed by atoms with Crippen molar-refractivity contribution in [2.75, 3.05) is 30.9 Å². The molecular weight excluding hydrogens is 413 g/mol. The van der Waals surface area contributed by atoms with Gasteiger partial charge in [-0.15, -0.1) is 0 Å². The largest absolute Gasteiger partial charge is 0.418 e. The minimum absolute atomic E-state index is 0.0347. The maximum atomic E-state index is 13.8. The molecule has 0 amide bonds. The highest BCUT2D eigenvalue weighted by Gasteiger charge is 2.36. The standard InChI is InChI=1S/C22H22ClF3N4/c1-29(2)16-7-5-6-14(12-16)20-17-8-3-4-11-27-21(17)30(28-20)19-10-9-15(23)13-18(19)22(24,25)26/h5-7,9-10,12-13,27H,3-4,8,11H2,1-2H3. The van der Waals surface area contributed by atoms with Gasteiger partial charge in [0.2, 0.25) is 0 Å². The Labute approximate surface area is 178 Å².